The van der Waals surface area contributed by atoms with Crippen molar-refractivity contribution >= 4 is 16.9 Å². The van der Waals surface area contributed by atoms with Crippen LogP contribution in [0.15, 0.2) is 51.7 Å². The van der Waals surface area contributed by atoms with E-state index in [1.807, 2.05) is 19.1 Å². The zero-order valence-electron chi connectivity index (χ0n) is 17.3. The van der Waals surface area contributed by atoms with Crippen LogP contribution in [0.3, 0.4) is 0 Å². The fourth-order valence-corrected chi connectivity index (χ4v) is 4.48. The topological polar surface area (TPSA) is 83.2 Å². The van der Waals surface area contributed by atoms with Crippen LogP contribution in [0.5, 0.6) is 5.75 Å². The lowest BCUT2D eigenvalue weighted by molar-refractivity contribution is 0.0314. The zero-order valence-corrected chi connectivity index (χ0v) is 17.3. The van der Waals surface area contributed by atoms with Gasteiger partial charge in [0.1, 0.15) is 11.3 Å². The molecule has 31 heavy (non-hydrogen) atoms. The molecular weight excluding hydrogens is 396 g/mol. The predicted molar refractivity (Wildman–Crippen MR) is 115 cm³/mol. The lowest BCUT2D eigenvalue weighted by atomic mass is 9.98. The minimum atomic E-state index is -0.600. The van der Waals surface area contributed by atoms with Gasteiger partial charge in [-0.2, -0.15) is 0 Å². The predicted octanol–water partition coefficient (Wildman–Crippen LogP) is 2.68. The summed E-state index contributed by atoms with van der Waals surface area (Å²) in [6, 6.07) is 11.5. The van der Waals surface area contributed by atoms with Gasteiger partial charge in [0, 0.05) is 26.2 Å². The molecular formula is C24H24N2O5. The number of carbonyl (C=O) groups is 1. The first-order valence-corrected chi connectivity index (χ1v) is 10.5. The van der Waals surface area contributed by atoms with E-state index in [-0.39, 0.29) is 22.8 Å². The second kappa shape index (κ2) is 7.83. The molecule has 160 valence electrons. The number of hydrogen-bond acceptors (Lipinski definition) is 6. The van der Waals surface area contributed by atoms with E-state index in [1.165, 1.54) is 0 Å². The number of phenols is 1. The standard InChI is InChI=1S/C24H24N2O5/c1-15-5-6-19-18(13-15)22(28)20-21(16-3-2-4-17(27)14-16)26(24(29)23(20)31-19)8-7-25-9-11-30-12-10-25/h2-6,13-14,21,27H,7-12H2,1H3. The van der Waals surface area contributed by atoms with Crippen molar-refractivity contribution in [3.05, 3.63) is 75.1 Å². The van der Waals surface area contributed by atoms with Crippen LogP contribution in [-0.4, -0.2) is 60.2 Å². The van der Waals surface area contributed by atoms with Gasteiger partial charge in [0.05, 0.1) is 30.2 Å². The van der Waals surface area contributed by atoms with Crippen LogP contribution in [0, 0.1) is 6.92 Å². The second-order valence-electron chi connectivity index (χ2n) is 8.12. The molecule has 2 aliphatic heterocycles. The SMILES string of the molecule is Cc1ccc2oc3c(c(=O)c2c1)C(c1cccc(O)c1)N(CCN1CCOCC1)C3=O. The van der Waals surface area contributed by atoms with Crippen LogP contribution in [0.25, 0.3) is 11.0 Å². The Kier molecular flexibility index (Phi) is 5.00. The molecule has 7 nitrogen and oxygen atoms in total. The molecule has 1 N–H and O–H groups in total. The maximum Gasteiger partial charge on any atom is 0.290 e. The Labute approximate surface area is 179 Å². The number of morpholine rings is 1. The molecule has 1 amide bonds. The van der Waals surface area contributed by atoms with Gasteiger partial charge in [-0.05, 0) is 36.8 Å². The lowest BCUT2D eigenvalue weighted by Gasteiger charge is -2.31. The zero-order chi connectivity index (χ0) is 21.5. The van der Waals surface area contributed by atoms with Crippen LogP contribution >= 0.6 is 0 Å². The van der Waals surface area contributed by atoms with Crippen molar-refractivity contribution < 1.29 is 19.1 Å². The average Bonchev–Trinajstić information content (AvgIpc) is 3.05. The van der Waals surface area contributed by atoms with Crippen molar-refractivity contribution in [2.24, 2.45) is 0 Å². The first-order valence-electron chi connectivity index (χ1n) is 10.5. The summed E-state index contributed by atoms with van der Waals surface area (Å²) < 4.78 is 11.4. The van der Waals surface area contributed by atoms with Crippen LogP contribution in [0.4, 0.5) is 0 Å². The number of benzene rings is 2. The van der Waals surface area contributed by atoms with Crippen molar-refractivity contribution in [3.63, 3.8) is 0 Å². The number of hydrogen-bond donors (Lipinski definition) is 1. The molecule has 0 bridgehead atoms. The van der Waals surface area contributed by atoms with Crippen LogP contribution in [-0.2, 0) is 4.74 Å². The van der Waals surface area contributed by atoms with Crippen molar-refractivity contribution in [2.75, 3.05) is 39.4 Å². The summed E-state index contributed by atoms with van der Waals surface area (Å²) >= 11 is 0. The van der Waals surface area contributed by atoms with E-state index in [9.17, 15) is 14.7 Å². The summed E-state index contributed by atoms with van der Waals surface area (Å²) in [5.74, 6) is -0.111. The molecule has 0 spiro atoms. The average molecular weight is 420 g/mol. The van der Waals surface area contributed by atoms with Crippen LogP contribution in [0.2, 0.25) is 0 Å². The summed E-state index contributed by atoms with van der Waals surface area (Å²) in [5, 5.41) is 10.5. The van der Waals surface area contributed by atoms with E-state index in [2.05, 4.69) is 4.90 Å². The van der Waals surface area contributed by atoms with Gasteiger partial charge in [0.15, 0.2) is 5.43 Å². The Hall–Kier alpha value is -3.16. The Balaban J connectivity index is 1.61. The third kappa shape index (κ3) is 3.49. The molecule has 3 aromatic rings. The highest BCUT2D eigenvalue weighted by atomic mass is 16.5. The summed E-state index contributed by atoms with van der Waals surface area (Å²) in [6.45, 7) is 6.00. The molecule has 2 aliphatic rings. The number of carbonyl (C=O) groups excluding carboxylic acids is 1. The van der Waals surface area contributed by atoms with Gasteiger partial charge >= 0.3 is 0 Å². The number of phenolic OH excluding ortho intramolecular Hbond substituents is 1. The summed E-state index contributed by atoms with van der Waals surface area (Å²) in [5.41, 5.74) is 2.19. The Morgan fingerprint density at radius 3 is 2.65 bits per heavy atom. The fraction of sp³-hybridized carbons (Fsp3) is 0.333. The molecule has 1 unspecified atom stereocenters. The highest BCUT2D eigenvalue weighted by molar-refractivity contribution is 5.99. The summed E-state index contributed by atoms with van der Waals surface area (Å²) in [6.07, 6.45) is 0. The number of amides is 1. The minimum absolute atomic E-state index is 0.0903. The monoisotopic (exact) mass is 420 g/mol. The van der Waals surface area contributed by atoms with Gasteiger partial charge in [-0.3, -0.25) is 14.5 Å². The quantitative estimate of drug-likeness (QED) is 0.699. The summed E-state index contributed by atoms with van der Waals surface area (Å²) in [4.78, 5) is 30.8. The first kappa shape index (κ1) is 19.8. The van der Waals surface area contributed by atoms with Gasteiger partial charge < -0.3 is 19.2 Å². The Bertz CT molecular complexity index is 1210. The van der Waals surface area contributed by atoms with Gasteiger partial charge in [-0.15, -0.1) is 0 Å². The maximum absolute atomic E-state index is 13.5. The van der Waals surface area contributed by atoms with Crippen molar-refractivity contribution in [1.82, 2.24) is 9.80 Å². The number of fused-ring (bicyclic) bond motifs is 2. The normalized spacial score (nSPS) is 19.2. The van der Waals surface area contributed by atoms with E-state index in [4.69, 9.17) is 9.15 Å². The molecule has 0 aliphatic carbocycles. The number of nitrogens with zero attached hydrogens (tertiary/aromatic N) is 2. The molecule has 0 saturated carbocycles. The van der Waals surface area contributed by atoms with Crippen molar-refractivity contribution in [1.29, 1.82) is 0 Å². The van der Waals surface area contributed by atoms with Crippen molar-refractivity contribution in [2.45, 2.75) is 13.0 Å². The number of ether oxygens (including phenoxy) is 1. The lowest BCUT2D eigenvalue weighted by Crippen LogP contribution is -2.42. The van der Waals surface area contributed by atoms with Crippen LogP contribution in [0.1, 0.15) is 33.3 Å². The molecule has 5 rings (SSSR count). The molecule has 1 aromatic heterocycles. The van der Waals surface area contributed by atoms with Gasteiger partial charge in [0.2, 0.25) is 5.76 Å². The van der Waals surface area contributed by atoms with Crippen LogP contribution < -0.4 is 5.43 Å². The largest absolute Gasteiger partial charge is 0.508 e. The van der Waals surface area contributed by atoms with E-state index >= 15 is 0 Å². The van der Waals surface area contributed by atoms with Gasteiger partial charge in [0.25, 0.3) is 5.91 Å². The molecule has 1 fully saturated rings. The Morgan fingerprint density at radius 2 is 1.87 bits per heavy atom. The third-order valence-electron chi connectivity index (χ3n) is 6.07. The third-order valence-corrected chi connectivity index (χ3v) is 6.07. The number of aryl methyl sites for hydroxylation is 1. The smallest absolute Gasteiger partial charge is 0.290 e. The van der Waals surface area contributed by atoms with Gasteiger partial charge in [-0.25, -0.2) is 0 Å². The molecule has 3 heterocycles. The fourth-order valence-electron chi connectivity index (χ4n) is 4.48. The van der Waals surface area contributed by atoms with Gasteiger partial charge in [-0.1, -0.05) is 23.8 Å². The van der Waals surface area contributed by atoms with E-state index in [1.54, 1.807) is 35.2 Å². The highest BCUT2D eigenvalue weighted by Gasteiger charge is 2.42. The maximum atomic E-state index is 13.5. The highest BCUT2D eigenvalue weighted by Crippen LogP contribution is 2.38. The molecule has 0 radical (unpaired) electrons. The summed E-state index contributed by atoms with van der Waals surface area (Å²) in [7, 11) is 0. The molecule has 2 aromatic carbocycles. The molecule has 1 atom stereocenters. The molecule has 1 saturated heterocycles. The van der Waals surface area contributed by atoms with E-state index in [0.717, 1.165) is 18.7 Å². The van der Waals surface area contributed by atoms with E-state index < -0.39 is 6.04 Å². The van der Waals surface area contributed by atoms with Crippen molar-refractivity contribution in [3.8, 4) is 5.75 Å². The van der Waals surface area contributed by atoms with E-state index in [0.29, 0.717) is 48.4 Å². The second-order valence-corrected chi connectivity index (χ2v) is 8.12. The minimum Gasteiger partial charge on any atom is -0.508 e. The number of rotatable bonds is 4. The first-order chi connectivity index (χ1) is 15.0. The molecule has 7 heteroatoms. The Morgan fingerprint density at radius 1 is 1.06 bits per heavy atom. The number of aromatic hydroxyl groups is 1.